The molecule has 0 aliphatic carbocycles. The molecular weight excluding hydrogens is 805 g/mol. The lowest BCUT2D eigenvalue weighted by Gasteiger charge is -2.18. The Kier molecular flexibility index (Phi) is 51.3. The van der Waals surface area contributed by atoms with Crippen molar-refractivity contribution in [1.29, 1.82) is 0 Å². The average molecular weight is 909 g/mol. The number of unbranched alkanes of at least 4 members (excludes halogenated alkanes) is 29. The van der Waals surface area contributed by atoms with Crippen molar-refractivity contribution in [1.82, 2.24) is 0 Å². The standard InChI is InChI=1S/C59H104O6/c1-4-7-10-13-16-19-22-25-28-30-32-34-37-40-43-46-49-52-58(61)64-55-56(54-63-57(60)51-48-45-42-39-36-33-27-24-21-18-15-12-9-6-3)65-59(62)53-50-47-44-41-38-35-31-29-26-23-20-17-14-11-8-5-2/h9,12,18,21,25,28,32,34,40,43,56H,4-8,10-11,13-17,19-20,22-24,26-27,29-31,33,35-39,41-42,44-55H2,1-3H3/b12-9-,21-18-,28-25-,34-32-,43-40-. The van der Waals surface area contributed by atoms with Gasteiger partial charge in [0.15, 0.2) is 6.10 Å². The number of hydrogen-bond donors (Lipinski definition) is 0. The number of rotatable bonds is 50. The van der Waals surface area contributed by atoms with E-state index in [0.29, 0.717) is 19.3 Å². The van der Waals surface area contributed by atoms with Crippen LogP contribution in [0.3, 0.4) is 0 Å². The van der Waals surface area contributed by atoms with Crippen LogP contribution >= 0.6 is 0 Å². The van der Waals surface area contributed by atoms with Crippen molar-refractivity contribution in [2.24, 2.45) is 0 Å². The van der Waals surface area contributed by atoms with E-state index in [2.05, 4.69) is 81.5 Å². The molecule has 0 heterocycles. The van der Waals surface area contributed by atoms with Crippen LogP contribution in [0.5, 0.6) is 0 Å². The van der Waals surface area contributed by atoms with Crippen molar-refractivity contribution in [3.63, 3.8) is 0 Å². The third kappa shape index (κ3) is 51.9. The maximum Gasteiger partial charge on any atom is 0.306 e. The summed E-state index contributed by atoms with van der Waals surface area (Å²) in [6.45, 7) is 6.50. The first-order chi connectivity index (χ1) is 32.0. The molecule has 0 aliphatic heterocycles. The Bertz CT molecular complexity index is 1180. The lowest BCUT2D eigenvalue weighted by molar-refractivity contribution is -0.167. The minimum atomic E-state index is -0.795. The zero-order chi connectivity index (χ0) is 47.2. The molecule has 0 rings (SSSR count). The SMILES string of the molecule is CC/C=C\C/C=C\CCCCCCCCCC(=O)OCC(COC(=O)CCC/C=C\C/C=C\C/C=C\CCCCCCCC)OC(=O)CCCCCCCCCCCCCCCCCC. The Balaban J connectivity index is 4.44. The molecule has 6 nitrogen and oxygen atoms in total. The fraction of sp³-hybridized carbons (Fsp3) is 0.780. The molecule has 0 aromatic rings. The second kappa shape index (κ2) is 53.7. The average Bonchev–Trinajstić information content (AvgIpc) is 3.30. The van der Waals surface area contributed by atoms with Gasteiger partial charge in [-0.15, -0.1) is 0 Å². The highest BCUT2D eigenvalue weighted by atomic mass is 16.6. The normalized spacial score (nSPS) is 12.5. The first-order valence-electron chi connectivity index (χ1n) is 27.8. The predicted molar refractivity (Wildman–Crippen MR) is 279 cm³/mol. The number of carbonyl (C=O) groups is 3. The van der Waals surface area contributed by atoms with Crippen LogP contribution < -0.4 is 0 Å². The van der Waals surface area contributed by atoms with Gasteiger partial charge in [0.2, 0.25) is 0 Å². The molecule has 0 amide bonds. The minimum absolute atomic E-state index is 0.0919. The zero-order valence-electron chi connectivity index (χ0n) is 43.0. The molecule has 0 aromatic carbocycles. The van der Waals surface area contributed by atoms with E-state index in [1.165, 1.54) is 154 Å². The summed E-state index contributed by atoms with van der Waals surface area (Å²) in [5.74, 6) is -0.944. The van der Waals surface area contributed by atoms with Gasteiger partial charge in [-0.2, -0.15) is 0 Å². The Morgan fingerprint density at radius 1 is 0.323 bits per heavy atom. The van der Waals surface area contributed by atoms with E-state index in [0.717, 1.165) is 77.0 Å². The molecule has 1 atom stereocenters. The summed E-state index contributed by atoms with van der Waals surface area (Å²) in [4.78, 5) is 38.1. The number of esters is 3. The zero-order valence-corrected chi connectivity index (χ0v) is 43.0. The van der Waals surface area contributed by atoms with Crippen molar-refractivity contribution >= 4 is 17.9 Å². The highest BCUT2D eigenvalue weighted by Gasteiger charge is 2.19. The summed E-state index contributed by atoms with van der Waals surface area (Å²) in [5, 5.41) is 0. The van der Waals surface area contributed by atoms with Gasteiger partial charge in [0.25, 0.3) is 0 Å². The van der Waals surface area contributed by atoms with Gasteiger partial charge < -0.3 is 14.2 Å². The summed E-state index contributed by atoms with van der Waals surface area (Å²) in [5.41, 5.74) is 0. The van der Waals surface area contributed by atoms with Crippen LogP contribution in [-0.4, -0.2) is 37.2 Å². The molecule has 1 unspecified atom stereocenters. The molecule has 376 valence electrons. The topological polar surface area (TPSA) is 78.9 Å². The fourth-order valence-electron chi connectivity index (χ4n) is 7.85. The van der Waals surface area contributed by atoms with Gasteiger partial charge in [0.05, 0.1) is 0 Å². The van der Waals surface area contributed by atoms with Crippen molar-refractivity contribution < 1.29 is 28.6 Å². The van der Waals surface area contributed by atoms with E-state index in [1.807, 2.05) is 0 Å². The fourth-order valence-corrected chi connectivity index (χ4v) is 7.85. The van der Waals surface area contributed by atoms with Gasteiger partial charge in [-0.05, 0) is 77.0 Å². The molecule has 6 heteroatoms. The minimum Gasteiger partial charge on any atom is -0.462 e. The van der Waals surface area contributed by atoms with Gasteiger partial charge in [0.1, 0.15) is 13.2 Å². The lowest BCUT2D eigenvalue weighted by Crippen LogP contribution is -2.30. The van der Waals surface area contributed by atoms with E-state index in [1.54, 1.807) is 0 Å². The molecule has 65 heavy (non-hydrogen) atoms. The summed E-state index contributed by atoms with van der Waals surface area (Å²) in [6.07, 6.45) is 66.4. The smallest absolute Gasteiger partial charge is 0.306 e. The maximum atomic E-state index is 12.8. The van der Waals surface area contributed by atoms with Gasteiger partial charge in [-0.25, -0.2) is 0 Å². The summed E-state index contributed by atoms with van der Waals surface area (Å²) in [6, 6.07) is 0. The largest absolute Gasteiger partial charge is 0.462 e. The first-order valence-corrected chi connectivity index (χ1v) is 27.8. The quantitative estimate of drug-likeness (QED) is 0.0262. The summed E-state index contributed by atoms with van der Waals surface area (Å²) < 4.78 is 16.8. The lowest BCUT2D eigenvalue weighted by atomic mass is 10.0. The maximum absolute atomic E-state index is 12.8. The van der Waals surface area contributed by atoms with Crippen LogP contribution in [-0.2, 0) is 28.6 Å². The number of hydrogen-bond acceptors (Lipinski definition) is 6. The second-order valence-corrected chi connectivity index (χ2v) is 18.5. The Morgan fingerprint density at radius 3 is 1.00 bits per heavy atom. The number of ether oxygens (including phenoxy) is 3. The van der Waals surface area contributed by atoms with Gasteiger partial charge in [-0.3, -0.25) is 14.4 Å². The van der Waals surface area contributed by atoms with Crippen LogP contribution in [0.2, 0.25) is 0 Å². The summed E-state index contributed by atoms with van der Waals surface area (Å²) >= 11 is 0. The molecule has 0 saturated heterocycles. The molecule has 0 bridgehead atoms. The van der Waals surface area contributed by atoms with Gasteiger partial charge in [-0.1, -0.05) is 242 Å². The van der Waals surface area contributed by atoms with Gasteiger partial charge in [0, 0.05) is 19.3 Å². The van der Waals surface area contributed by atoms with Crippen molar-refractivity contribution in [3.05, 3.63) is 60.8 Å². The van der Waals surface area contributed by atoms with Crippen LogP contribution in [0.4, 0.5) is 0 Å². The van der Waals surface area contributed by atoms with Crippen LogP contribution in [0, 0.1) is 0 Å². The molecular formula is C59H104O6. The predicted octanol–water partition coefficient (Wildman–Crippen LogP) is 18.4. The highest BCUT2D eigenvalue weighted by Crippen LogP contribution is 2.16. The molecule has 0 fully saturated rings. The highest BCUT2D eigenvalue weighted by molar-refractivity contribution is 5.71. The molecule has 0 N–H and O–H groups in total. The van der Waals surface area contributed by atoms with E-state index >= 15 is 0 Å². The van der Waals surface area contributed by atoms with Crippen molar-refractivity contribution in [2.45, 2.75) is 284 Å². The number of allylic oxidation sites excluding steroid dienone is 10. The Morgan fingerprint density at radius 2 is 0.615 bits per heavy atom. The van der Waals surface area contributed by atoms with Crippen LogP contribution in [0.25, 0.3) is 0 Å². The second-order valence-electron chi connectivity index (χ2n) is 18.5. The van der Waals surface area contributed by atoms with E-state index < -0.39 is 6.10 Å². The van der Waals surface area contributed by atoms with Crippen LogP contribution in [0.15, 0.2) is 60.8 Å². The van der Waals surface area contributed by atoms with Crippen molar-refractivity contribution in [3.8, 4) is 0 Å². The number of carbonyl (C=O) groups excluding carboxylic acids is 3. The molecule has 0 saturated carbocycles. The summed E-state index contributed by atoms with van der Waals surface area (Å²) in [7, 11) is 0. The van der Waals surface area contributed by atoms with Crippen molar-refractivity contribution in [2.75, 3.05) is 13.2 Å². The molecule has 0 radical (unpaired) electrons. The van der Waals surface area contributed by atoms with E-state index in [-0.39, 0.29) is 37.5 Å². The van der Waals surface area contributed by atoms with Gasteiger partial charge >= 0.3 is 17.9 Å². The molecule has 0 aromatic heterocycles. The third-order valence-corrected chi connectivity index (χ3v) is 12.0. The Labute approximate surface area is 402 Å². The molecule has 0 aliphatic rings. The first kappa shape index (κ1) is 62.1. The van der Waals surface area contributed by atoms with E-state index in [4.69, 9.17) is 14.2 Å². The van der Waals surface area contributed by atoms with Crippen LogP contribution in [0.1, 0.15) is 278 Å². The molecule has 0 spiro atoms. The van der Waals surface area contributed by atoms with E-state index in [9.17, 15) is 14.4 Å². The Hall–Kier alpha value is -2.89. The monoisotopic (exact) mass is 909 g/mol. The third-order valence-electron chi connectivity index (χ3n) is 12.0.